The Morgan fingerprint density at radius 2 is 2.12 bits per heavy atom. The molecule has 1 N–H and O–H groups in total. The number of hydrogen-bond acceptors (Lipinski definition) is 7. The van der Waals surface area contributed by atoms with Gasteiger partial charge in [-0.05, 0) is 47.9 Å². The van der Waals surface area contributed by atoms with Crippen molar-refractivity contribution >= 4 is 44.7 Å². The van der Waals surface area contributed by atoms with Crippen molar-refractivity contribution in [3.63, 3.8) is 0 Å². The molecule has 0 aliphatic carbocycles. The van der Waals surface area contributed by atoms with Crippen LogP contribution in [0.1, 0.15) is 17.7 Å². The Balaban J connectivity index is 1.48. The van der Waals surface area contributed by atoms with Crippen LogP contribution in [0.15, 0.2) is 58.0 Å². The zero-order valence-electron chi connectivity index (χ0n) is 18.2. The number of amides is 1. The Morgan fingerprint density at radius 1 is 1.21 bits per heavy atom. The maximum absolute atomic E-state index is 13.5. The van der Waals surface area contributed by atoms with Gasteiger partial charge in [-0.3, -0.25) is 9.59 Å². The summed E-state index contributed by atoms with van der Waals surface area (Å²) >= 11 is 3.02. The number of aromatic nitrogens is 2. The molecule has 5 rings (SSSR count). The van der Waals surface area contributed by atoms with Crippen LogP contribution in [0.25, 0.3) is 15.9 Å². The molecule has 1 fully saturated rings. The normalized spacial score (nSPS) is 16.2. The summed E-state index contributed by atoms with van der Waals surface area (Å²) in [6.45, 7) is 1.80. The Labute approximate surface area is 199 Å². The van der Waals surface area contributed by atoms with Gasteiger partial charge < -0.3 is 15.0 Å². The maximum atomic E-state index is 13.5. The van der Waals surface area contributed by atoms with Crippen LogP contribution in [-0.4, -0.2) is 35.7 Å². The van der Waals surface area contributed by atoms with E-state index in [1.165, 1.54) is 11.3 Å². The fourth-order valence-corrected chi connectivity index (χ4v) is 5.60. The van der Waals surface area contributed by atoms with Crippen LogP contribution in [-0.2, 0) is 11.3 Å². The van der Waals surface area contributed by atoms with Crippen molar-refractivity contribution in [1.29, 1.82) is 0 Å². The molecule has 1 amide bonds. The summed E-state index contributed by atoms with van der Waals surface area (Å²) in [5.41, 5.74) is 1.27. The Morgan fingerprint density at radius 3 is 2.94 bits per heavy atom. The van der Waals surface area contributed by atoms with E-state index in [1.54, 1.807) is 23.0 Å². The highest BCUT2D eigenvalue weighted by atomic mass is 32.1. The second-order valence-corrected chi connectivity index (χ2v) is 9.92. The van der Waals surface area contributed by atoms with E-state index in [4.69, 9.17) is 9.72 Å². The van der Waals surface area contributed by atoms with Crippen molar-refractivity contribution in [2.24, 2.45) is 5.92 Å². The van der Waals surface area contributed by atoms with Gasteiger partial charge in [0.25, 0.3) is 5.56 Å². The second-order valence-electron chi connectivity index (χ2n) is 7.97. The SMILES string of the molecule is COc1cccc(-n2c(N3CCC[C@@H](C(=O)NCc4cccs4)C3)nc3ccsc3c2=O)c1. The van der Waals surface area contributed by atoms with Crippen molar-refractivity contribution in [1.82, 2.24) is 14.9 Å². The number of fused-ring (bicyclic) bond motifs is 1. The van der Waals surface area contributed by atoms with E-state index in [2.05, 4.69) is 10.2 Å². The second kappa shape index (κ2) is 9.36. The van der Waals surface area contributed by atoms with Gasteiger partial charge >= 0.3 is 0 Å². The van der Waals surface area contributed by atoms with Crippen LogP contribution in [0.3, 0.4) is 0 Å². The van der Waals surface area contributed by atoms with Crippen molar-refractivity contribution < 1.29 is 9.53 Å². The average Bonchev–Trinajstić information content (AvgIpc) is 3.55. The smallest absolute Gasteiger partial charge is 0.277 e. The zero-order valence-corrected chi connectivity index (χ0v) is 19.8. The number of methoxy groups -OCH3 is 1. The Bertz CT molecular complexity index is 1330. The molecule has 0 unspecified atom stereocenters. The molecular weight excluding hydrogens is 456 g/mol. The standard InChI is InChI=1S/C24H24N4O3S2/c1-31-18-7-2-6-17(13-18)28-23(30)21-20(9-12-33-21)26-24(28)27-10-3-5-16(15-27)22(29)25-14-19-8-4-11-32-19/h2,4,6-9,11-13,16H,3,5,10,14-15H2,1H3,(H,25,29)/t16-/m1/s1. The van der Waals surface area contributed by atoms with Crippen molar-refractivity contribution in [2.75, 3.05) is 25.1 Å². The van der Waals surface area contributed by atoms with Gasteiger partial charge in [0.1, 0.15) is 10.4 Å². The lowest BCUT2D eigenvalue weighted by molar-refractivity contribution is -0.125. The average molecular weight is 481 g/mol. The minimum atomic E-state index is -0.160. The first kappa shape index (κ1) is 21.7. The van der Waals surface area contributed by atoms with Crippen molar-refractivity contribution in [3.8, 4) is 11.4 Å². The monoisotopic (exact) mass is 480 g/mol. The molecule has 33 heavy (non-hydrogen) atoms. The van der Waals surface area contributed by atoms with Crippen LogP contribution in [0, 0.1) is 5.92 Å². The molecule has 1 aliphatic heterocycles. The predicted octanol–water partition coefficient (Wildman–Crippen LogP) is 4.05. The molecule has 4 heterocycles. The van der Waals surface area contributed by atoms with Crippen LogP contribution in [0.5, 0.6) is 5.75 Å². The van der Waals surface area contributed by atoms with Crippen molar-refractivity contribution in [2.45, 2.75) is 19.4 Å². The molecule has 9 heteroatoms. The number of anilines is 1. The lowest BCUT2D eigenvalue weighted by atomic mass is 9.97. The number of benzene rings is 1. The zero-order chi connectivity index (χ0) is 22.8. The summed E-state index contributed by atoms with van der Waals surface area (Å²) in [7, 11) is 1.60. The molecule has 0 radical (unpaired) electrons. The van der Waals surface area contributed by atoms with Gasteiger partial charge in [0.2, 0.25) is 11.9 Å². The third-order valence-corrected chi connectivity index (χ3v) is 7.63. The first-order chi connectivity index (χ1) is 16.1. The third-order valence-electron chi connectivity index (χ3n) is 5.87. The number of ether oxygens (including phenoxy) is 1. The Kier molecular flexibility index (Phi) is 6.15. The van der Waals surface area contributed by atoms with E-state index in [9.17, 15) is 9.59 Å². The largest absolute Gasteiger partial charge is 0.497 e. The number of nitrogens with one attached hydrogen (secondary N) is 1. The van der Waals surface area contributed by atoms with E-state index in [0.29, 0.717) is 40.7 Å². The van der Waals surface area contributed by atoms with Gasteiger partial charge in [-0.1, -0.05) is 12.1 Å². The van der Waals surface area contributed by atoms with E-state index >= 15 is 0 Å². The molecule has 1 atom stereocenters. The summed E-state index contributed by atoms with van der Waals surface area (Å²) in [5, 5.41) is 6.96. The molecule has 7 nitrogen and oxygen atoms in total. The molecule has 1 aliphatic rings. The van der Waals surface area contributed by atoms with Gasteiger partial charge in [-0.25, -0.2) is 9.55 Å². The lowest BCUT2D eigenvalue weighted by Crippen LogP contribution is -2.45. The van der Waals surface area contributed by atoms with Gasteiger partial charge in [-0.2, -0.15) is 0 Å². The van der Waals surface area contributed by atoms with E-state index in [0.717, 1.165) is 24.3 Å². The van der Waals surface area contributed by atoms with Crippen LogP contribution >= 0.6 is 22.7 Å². The highest BCUT2D eigenvalue weighted by molar-refractivity contribution is 7.17. The molecule has 170 valence electrons. The quantitative estimate of drug-likeness (QED) is 0.451. The summed E-state index contributed by atoms with van der Waals surface area (Å²) < 4.78 is 7.64. The number of hydrogen-bond donors (Lipinski definition) is 1. The van der Waals surface area contributed by atoms with Gasteiger partial charge in [-0.15, -0.1) is 22.7 Å². The summed E-state index contributed by atoms with van der Waals surface area (Å²) in [6, 6.07) is 13.3. The molecule has 1 aromatic carbocycles. The van der Waals surface area contributed by atoms with Crippen LogP contribution in [0.4, 0.5) is 5.95 Å². The minimum Gasteiger partial charge on any atom is -0.497 e. The molecule has 3 aromatic heterocycles. The highest BCUT2D eigenvalue weighted by Crippen LogP contribution is 2.27. The molecule has 0 bridgehead atoms. The molecule has 0 spiro atoms. The van der Waals surface area contributed by atoms with E-state index < -0.39 is 0 Å². The van der Waals surface area contributed by atoms with Gasteiger partial charge in [0, 0.05) is 24.0 Å². The molecular formula is C24H24N4O3S2. The first-order valence-electron chi connectivity index (χ1n) is 10.8. The lowest BCUT2D eigenvalue weighted by Gasteiger charge is -2.34. The minimum absolute atomic E-state index is 0.0417. The third kappa shape index (κ3) is 4.38. The number of nitrogens with zero attached hydrogens (tertiary/aromatic N) is 3. The van der Waals surface area contributed by atoms with Gasteiger partial charge in [0.05, 0.1) is 30.8 Å². The topological polar surface area (TPSA) is 76.5 Å². The van der Waals surface area contributed by atoms with Gasteiger partial charge in [0.15, 0.2) is 0 Å². The summed E-state index contributed by atoms with van der Waals surface area (Å²) in [5.74, 6) is 1.11. The number of rotatable bonds is 6. The number of carbonyl (C=O) groups is 1. The maximum Gasteiger partial charge on any atom is 0.277 e. The Hall–Kier alpha value is -3.17. The fourth-order valence-electron chi connectivity index (χ4n) is 4.20. The summed E-state index contributed by atoms with van der Waals surface area (Å²) in [4.78, 5) is 34.5. The summed E-state index contributed by atoms with van der Waals surface area (Å²) in [6.07, 6.45) is 1.67. The number of piperidine rings is 1. The molecule has 4 aromatic rings. The van der Waals surface area contributed by atoms with Crippen molar-refractivity contribution in [3.05, 3.63) is 68.5 Å². The first-order valence-corrected chi connectivity index (χ1v) is 12.6. The highest BCUT2D eigenvalue weighted by Gasteiger charge is 2.29. The van der Waals surface area contributed by atoms with Crippen LogP contribution in [0.2, 0.25) is 0 Å². The van der Waals surface area contributed by atoms with Crippen LogP contribution < -0.4 is 20.5 Å². The predicted molar refractivity (Wildman–Crippen MR) is 133 cm³/mol. The van der Waals surface area contributed by atoms with E-state index in [1.807, 2.05) is 53.2 Å². The fraction of sp³-hybridized carbons (Fsp3) is 0.292. The van der Waals surface area contributed by atoms with E-state index in [-0.39, 0.29) is 17.4 Å². The molecule has 1 saturated heterocycles. The molecule has 0 saturated carbocycles. The number of thiophene rings is 2. The number of carbonyl (C=O) groups excluding carboxylic acids is 1.